The number of halogens is 6. The predicted molar refractivity (Wildman–Crippen MR) is 179 cm³/mol. The molecule has 1 heterocycles. The third-order valence-electron chi connectivity index (χ3n) is 7.93. The number of thiazole rings is 1. The molecule has 0 saturated carbocycles. The Hall–Kier alpha value is -4.99. The van der Waals surface area contributed by atoms with Crippen LogP contribution in [0.15, 0.2) is 95.8 Å². The van der Waals surface area contributed by atoms with Crippen molar-refractivity contribution in [1.29, 1.82) is 0 Å². The van der Waals surface area contributed by atoms with E-state index >= 15 is 0 Å². The summed E-state index contributed by atoms with van der Waals surface area (Å²) < 4.78 is 86.9. The molecule has 15 heteroatoms. The predicted octanol–water partition coefficient (Wildman–Crippen LogP) is 7.55. The summed E-state index contributed by atoms with van der Waals surface area (Å²) in [5.41, 5.74) is 4.78. The molecule has 0 bridgehead atoms. The van der Waals surface area contributed by atoms with Gasteiger partial charge in [-0.2, -0.15) is 26.3 Å². The topological polar surface area (TPSA) is 110 Å². The van der Waals surface area contributed by atoms with Crippen molar-refractivity contribution in [1.82, 2.24) is 15.6 Å². The lowest BCUT2D eigenvalue weighted by Crippen LogP contribution is -2.32. The van der Waals surface area contributed by atoms with E-state index in [2.05, 4.69) is 45.5 Å². The Morgan fingerprint density at radius 3 is 2.20 bits per heavy atom. The molecule has 4 aromatic carbocycles. The largest absolute Gasteiger partial charge is 0.491 e. The number of carbonyl (C=O) groups excluding carboxylic acids is 2. The molecule has 8 nitrogen and oxygen atoms in total. The Morgan fingerprint density at radius 2 is 1.51 bits per heavy atom. The number of fused-ring (bicyclic) bond motifs is 1. The molecule has 51 heavy (non-hydrogen) atoms. The molecule has 0 fully saturated rings. The molecule has 0 amide bonds. The molecular weight excluding hydrogens is 700 g/mol. The lowest BCUT2D eigenvalue weighted by Gasteiger charge is -2.21. The van der Waals surface area contributed by atoms with Crippen LogP contribution in [0, 0.1) is 0 Å². The van der Waals surface area contributed by atoms with Crippen LogP contribution in [0.4, 0.5) is 26.3 Å². The van der Waals surface area contributed by atoms with Gasteiger partial charge in [0, 0.05) is 24.7 Å². The number of alkyl halides is 6. The summed E-state index contributed by atoms with van der Waals surface area (Å²) in [4.78, 5) is 36.8. The van der Waals surface area contributed by atoms with Crippen molar-refractivity contribution in [2.45, 2.75) is 44.4 Å². The van der Waals surface area contributed by atoms with Crippen LogP contribution >= 0.6 is 11.3 Å². The van der Waals surface area contributed by atoms with Crippen LogP contribution in [-0.2, 0) is 27.3 Å². The number of H-pyrrole nitrogens is 1. The second-order valence-corrected chi connectivity index (χ2v) is 12.5. The van der Waals surface area contributed by atoms with Gasteiger partial charge in [-0.15, -0.1) is 0 Å². The average molecular weight is 732 g/mol. The zero-order valence-corrected chi connectivity index (χ0v) is 27.7. The van der Waals surface area contributed by atoms with Gasteiger partial charge in [-0.3, -0.25) is 4.79 Å². The second-order valence-electron chi connectivity index (χ2n) is 11.5. The van der Waals surface area contributed by atoms with Gasteiger partial charge in [-0.25, -0.2) is 9.59 Å². The average Bonchev–Trinajstić information content (AvgIpc) is 3.50. The van der Waals surface area contributed by atoms with Crippen LogP contribution in [0.5, 0.6) is 5.75 Å². The first kappa shape index (κ1) is 37.3. The monoisotopic (exact) mass is 731 g/mol. The van der Waals surface area contributed by atoms with Crippen LogP contribution in [0.25, 0.3) is 21.3 Å². The molecule has 5 aromatic rings. The summed E-state index contributed by atoms with van der Waals surface area (Å²) in [5, 5.41) is 6.51. The molecule has 0 unspecified atom stereocenters. The normalized spacial score (nSPS) is 13.2. The first-order valence-electron chi connectivity index (χ1n) is 15.6. The number of carbonyl (C=O) groups is 2. The van der Waals surface area contributed by atoms with Crippen molar-refractivity contribution >= 4 is 33.5 Å². The second kappa shape index (κ2) is 15.9. The van der Waals surface area contributed by atoms with Crippen molar-refractivity contribution in [2.24, 2.45) is 0 Å². The minimum Gasteiger partial charge on any atom is -0.449 e. The number of hydrogen-bond donors (Lipinski definition) is 3. The fourth-order valence-electron chi connectivity index (χ4n) is 5.33. The quantitative estimate of drug-likeness (QED) is 0.0497. The summed E-state index contributed by atoms with van der Waals surface area (Å²) in [6.07, 6.45) is -11.9. The first-order chi connectivity index (χ1) is 24.2. The van der Waals surface area contributed by atoms with E-state index in [4.69, 9.17) is 4.74 Å². The molecule has 0 radical (unpaired) electrons. The molecule has 0 saturated heterocycles. The summed E-state index contributed by atoms with van der Waals surface area (Å²) >= 11 is 0.442. The molecule has 2 atom stereocenters. The van der Waals surface area contributed by atoms with Crippen LogP contribution in [0.3, 0.4) is 0 Å². The summed E-state index contributed by atoms with van der Waals surface area (Å²) in [7, 11) is 0. The summed E-state index contributed by atoms with van der Waals surface area (Å²) in [6.45, 7) is 2.64. The van der Waals surface area contributed by atoms with Crippen LogP contribution in [0.2, 0.25) is 0 Å². The Morgan fingerprint density at radius 1 is 0.843 bits per heavy atom. The van der Waals surface area contributed by atoms with E-state index in [1.165, 1.54) is 5.56 Å². The van der Waals surface area contributed by atoms with E-state index in [9.17, 15) is 40.7 Å². The van der Waals surface area contributed by atoms with Gasteiger partial charge in [-0.05, 0) is 59.8 Å². The van der Waals surface area contributed by atoms with E-state index in [-0.39, 0.29) is 34.9 Å². The zero-order valence-electron chi connectivity index (χ0n) is 26.9. The lowest BCUT2D eigenvalue weighted by atomic mass is 9.97. The maximum atomic E-state index is 13.2. The molecule has 3 N–H and O–H groups in total. The standard InChI is InChI=1S/C36H31F6N3O5S/c1-21(23-7-3-2-4-8-23)44-19-25-9-5-6-10-26(25)24-13-11-22(12-14-24)17-18-43-20-29(50-33(47)36(40,41)42)27-15-16-28(49-32(46)35(37,38)39)30-31(27)51-34(48)45-30/h2-16,21,29,43-44H,17-20H2,1H3,(H,45,48)/t21-,29+/m1/s1. The molecule has 268 valence electrons. The van der Waals surface area contributed by atoms with Gasteiger partial charge >= 0.3 is 29.2 Å². The molecule has 0 spiro atoms. The van der Waals surface area contributed by atoms with Crippen molar-refractivity contribution in [3.8, 4) is 16.9 Å². The smallest absolute Gasteiger partial charge is 0.449 e. The van der Waals surface area contributed by atoms with Crippen molar-refractivity contribution < 1.29 is 45.4 Å². The highest BCUT2D eigenvalue weighted by Gasteiger charge is 2.43. The molecule has 0 aliphatic carbocycles. The Balaban J connectivity index is 1.26. The van der Waals surface area contributed by atoms with Gasteiger partial charge in [-0.1, -0.05) is 90.2 Å². The Kier molecular flexibility index (Phi) is 11.6. The maximum Gasteiger partial charge on any atom is 0.491 e. The highest BCUT2D eigenvalue weighted by atomic mass is 32.1. The van der Waals surface area contributed by atoms with Gasteiger partial charge in [0.15, 0.2) is 5.75 Å². The SMILES string of the molecule is C[C@@H](NCc1ccccc1-c1ccc(CCNC[C@H](OC(=O)C(F)(F)F)c2ccc(OC(=O)C(F)(F)F)c3[nH]c(=O)sc23)cc1)c1ccccc1. The Bertz CT molecular complexity index is 2030. The number of esters is 2. The van der Waals surface area contributed by atoms with Crippen LogP contribution < -0.4 is 20.2 Å². The van der Waals surface area contributed by atoms with E-state index in [1.807, 2.05) is 60.7 Å². The van der Waals surface area contributed by atoms with Gasteiger partial charge in [0.05, 0.1) is 4.70 Å². The molecular formula is C36H31F6N3O5S. The maximum absolute atomic E-state index is 13.2. The third kappa shape index (κ3) is 9.62. The molecule has 5 rings (SSSR count). The van der Waals surface area contributed by atoms with Crippen molar-refractivity contribution in [3.63, 3.8) is 0 Å². The van der Waals surface area contributed by atoms with Gasteiger partial charge < -0.3 is 25.1 Å². The van der Waals surface area contributed by atoms with E-state index < -0.39 is 41.0 Å². The fourth-order valence-corrected chi connectivity index (χ4v) is 6.24. The number of nitrogens with one attached hydrogen (secondary N) is 3. The summed E-state index contributed by atoms with van der Waals surface area (Å²) in [5.74, 6) is -5.74. The number of benzene rings is 4. The van der Waals surface area contributed by atoms with E-state index in [0.29, 0.717) is 24.3 Å². The summed E-state index contributed by atoms with van der Waals surface area (Å²) in [6, 6.07) is 28.0. The van der Waals surface area contributed by atoms with Crippen LogP contribution in [0.1, 0.15) is 41.3 Å². The van der Waals surface area contributed by atoms with Crippen molar-refractivity contribution in [3.05, 3.63) is 123 Å². The zero-order chi connectivity index (χ0) is 36.8. The highest BCUT2D eigenvalue weighted by Crippen LogP contribution is 2.35. The number of aromatic amines is 1. The number of ether oxygens (including phenoxy) is 2. The van der Waals surface area contributed by atoms with Crippen LogP contribution in [-0.4, -0.2) is 42.4 Å². The molecule has 0 aliphatic rings. The minimum absolute atomic E-state index is 0.110. The number of hydrogen-bond acceptors (Lipinski definition) is 8. The van der Waals surface area contributed by atoms with Gasteiger partial charge in [0.2, 0.25) is 0 Å². The number of rotatable bonds is 13. The molecule has 1 aromatic heterocycles. The first-order valence-corrected chi connectivity index (χ1v) is 16.4. The highest BCUT2D eigenvalue weighted by molar-refractivity contribution is 7.16. The Labute approximate surface area is 291 Å². The van der Waals surface area contributed by atoms with E-state index in [1.54, 1.807) is 0 Å². The third-order valence-corrected chi connectivity index (χ3v) is 8.87. The number of aromatic nitrogens is 1. The van der Waals surface area contributed by atoms with Gasteiger partial charge in [0.25, 0.3) is 0 Å². The van der Waals surface area contributed by atoms with E-state index in [0.717, 1.165) is 34.4 Å². The molecule has 0 aliphatic heterocycles. The fraction of sp³-hybridized carbons (Fsp3) is 0.250. The van der Waals surface area contributed by atoms with Crippen molar-refractivity contribution in [2.75, 3.05) is 13.1 Å². The minimum atomic E-state index is -5.35. The van der Waals surface area contributed by atoms with Gasteiger partial charge in [0.1, 0.15) is 11.6 Å². The lowest BCUT2D eigenvalue weighted by molar-refractivity contribution is -0.205.